The normalized spacial score (nSPS) is 15.7. The molecular weight excluding hydrogens is 316 g/mol. The van der Waals surface area contributed by atoms with Crippen LogP contribution in [-0.4, -0.2) is 36.0 Å². The summed E-state index contributed by atoms with van der Waals surface area (Å²) in [6.45, 7) is 0.892. The van der Waals surface area contributed by atoms with Crippen molar-refractivity contribution in [2.75, 3.05) is 0 Å². The highest BCUT2D eigenvalue weighted by Crippen LogP contribution is 2.55. The lowest BCUT2D eigenvalue weighted by Gasteiger charge is -2.35. The molecule has 0 aliphatic heterocycles. The minimum absolute atomic E-state index is 0.754. The molecule has 0 radical (unpaired) electrons. The van der Waals surface area contributed by atoms with E-state index in [2.05, 4.69) is 0 Å². The van der Waals surface area contributed by atoms with E-state index in [-0.39, 0.29) is 0 Å². The summed E-state index contributed by atoms with van der Waals surface area (Å²) in [5.41, 5.74) is 0. The zero-order valence-electron chi connectivity index (χ0n) is 9.11. The molecule has 3 nitrogen and oxygen atoms in total. The van der Waals surface area contributed by atoms with E-state index >= 15 is 0 Å². The molecule has 116 valence electrons. The van der Waals surface area contributed by atoms with Crippen LogP contribution in [0.5, 0.6) is 0 Å². The van der Waals surface area contributed by atoms with Crippen LogP contribution in [0.25, 0.3) is 0 Å². The highest BCUT2D eigenvalue weighted by atomic mass is 32.2. The topological polar surface area (TPSA) is 54.4 Å². The van der Waals surface area contributed by atoms with Gasteiger partial charge >= 0.3 is 33.1 Å². The van der Waals surface area contributed by atoms with Crippen LogP contribution in [0.4, 0.5) is 35.1 Å². The summed E-state index contributed by atoms with van der Waals surface area (Å²) in [4.78, 5) is 0. The number of hydrogen-bond donors (Lipinski definition) is 1. The van der Waals surface area contributed by atoms with Gasteiger partial charge in [-0.1, -0.05) is 13.3 Å². The molecule has 0 bridgehead atoms. The van der Waals surface area contributed by atoms with Crippen molar-refractivity contribution in [3.8, 4) is 0 Å². The molecule has 0 unspecified atom stereocenters. The second-order valence-electron chi connectivity index (χ2n) is 3.60. The van der Waals surface area contributed by atoms with Gasteiger partial charge in [0.15, 0.2) is 0 Å². The molecule has 0 aliphatic rings. The van der Waals surface area contributed by atoms with Crippen LogP contribution in [0.3, 0.4) is 0 Å². The maximum atomic E-state index is 12.8. The van der Waals surface area contributed by atoms with Gasteiger partial charge in [0.05, 0.1) is 0 Å². The Morgan fingerprint density at radius 1 is 0.895 bits per heavy atom. The van der Waals surface area contributed by atoms with E-state index in [1.54, 1.807) is 0 Å². The number of hydrogen-bond acceptors (Lipinski definition) is 2. The van der Waals surface area contributed by atoms with Crippen LogP contribution in [0.2, 0.25) is 0 Å². The van der Waals surface area contributed by atoms with Crippen molar-refractivity contribution in [2.24, 2.45) is 0 Å². The van der Waals surface area contributed by atoms with Crippen molar-refractivity contribution < 1.29 is 48.1 Å². The van der Waals surface area contributed by atoms with Gasteiger partial charge in [0.1, 0.15) is 0 Å². The van der Waals surface area contributed by atoms with Gasteiger partial charge in [-0.2, -0.15) is 43.5 Å². The molecule has 0 aromatic rings. The van der Waals surface area contributed by atoms with Crippen molar-refractivity contribution in [1.82, 2.24) is 0 Å². The van der Waals surface area contributed by atoms with Crippen molar-refractivity contribution >= 4 is 10.1 Å². The van der Waals surface area contributed by atoms with Crippen molar-refractivity contribution in [3.05, 3.63) is 0 Å². The monoisotopic (exact) mass is 324 g/mol. The maximum absolute atomic E-state index is 12.8. The molecule has 1 N–H and O–H groups in total. The van der Waals surface area contributed by atoms with E-state index < -0.39 is 46.0 Å². The smallest absolute Gasteiger partial charge is 0.281 e. The van der Waals surface area contributed by atoms with E-state index in [9.17, 15) is 43.5 Å². The van der Waals surface area contributed by atoms with Crippen LogP contribution in [-0.2, 0) is 10.1 Å². The zero-order chi connectivity index (χ0) is 15.9. The van der Waals surface area contributed by atoms with E-state index in [4.69, 9.17) is 4.55 Å². The molecular formula is C7H8F8O3S. The molecule has 0 aromatic carbocycles. The molecule has 0 fully saturated rings. The Balaban J connectivity index is 5.91. The molecule has 0 spiro atoms. The van der Waals surface area contributed by atoms with Crippen LogP contribution >= 0.6 is 0 Å². The van der Waals surface area contributed by atoms with E-state index in [1.165, 1.54) is 0 Å². The Labute approximate surface area is 102 Å². The summed E-state index contributed by atoms with van der Waals surface area (Å²) in [7, 11) is -7.02. The Morgan fingerprint density at radius 2 is 1.26 bits per heavy atom. The third-order valence-corrected chi connectivity index (χ3v) is 3.01. The summed E-state index contributed by atoms with van der Waals surface area (Å²) in [5.74, 6) is -19.2. The van der Waals surface area contributed by atoms with Gasteiger partial charge in [0.25, 0.3) is 0 Å². The second-order valence-corrected chi connectivity index (χ2v) is 5.06. The Hall–Kier alpha value is -0.650. The molecule has 0 atom stereocenters. The van der Waals surface area contributed by atoms with Crippen LogP contribution in [0.1, 0.15) is 19.8 Å². The minimum Gasteiger partial charge on any atom is -0.281 e. The fourth-order valence-corrected chi connectivity index (χ4v) is 1.50. The van der Waals surface area contributed by atoms with Crippen molar-refractivity contribution in [2.45, 2.75) is 42.8 Å². The standard InChI is InChI=1S/C7H8F8O3S/c1-2-3-4(8,9)5(10,11)6(12,13)7(14,15)19(16,17)18/h2-3H2,1H3,(H,16,17,18). The van der Waals surface area contributed by atoms with Gasteiger partial charge in [-0.15, -0.1) is 0 Å². The third kappa shape index (κ3) is 2.64. The number of rotatable bonds is 6. The molecule has 0 aromatic heterocycles. The van der Waals surface area contributed by atoms with Crippen LogP contribution < -0.4 is 0 Å². The first-order chi connectivity index (χ1) is 8.06. The van der Waals surface area contributed by atoms with Gasteiger partial charge in [-0.3, -0.25) is 4.55 Å². The summed E-state index contributed by atoms with van der Waals surface area (Å²) in [6, 6.07) is 0. The average molecular weight is 324 g/mol. The lowest BCUT2D eigenvalue weighted by Crippen LogP contribution is -2.64. The third-order valence-electron chi connectivity index (χ3n) is 2.11. The molecule has 12 heteroatoms. The largest absolute Gasteiger partial charge is 0.438 e. The van der Waals surface area contributed by atoms with Gasteiger partial charge in [0.2, 0.25) is 0 Å². The SMILES string of the molecule is CCCC(F)(F)C(F)(F)C(F)(F)C(F)(F)S(=O)(=O)O. The molecule has 19 heavy (non-hydrogen) atoms. The predicted octanol–water partition coefficient (Wildman–Crippen LogP) is 3.17. The van der Waals surface area contributed by atoms with Crippen molar-refractivity contribution in [1.29, 1.82) is 0 Å². The zero-order valence-corrected chi connectivity index (χ0v) is 9.93. The molecule has 0 amide bonds. The maximum Gasteiger partial charge on any atom is 0.438 e. The van der Waals surface area contributed by atoms with Gasteiger partial charge < -0.3 is 0 Å². The Morgan fingerprint density at radius 3 is 1.53 bits per heavy atom. The summed E-state index contributed by atoms with van der Waals surface area (Å²) in [5, 5.41) is -6.76. The fourth-order valence-electron chi connectivity index (χ4n) is 1.05. The van der Waals surface area contributed by atoms with E-state index in [1.807, 2.05) is 0 Å². The first kappa shape index (κ1) is 18.4. The molecule has 0 saturated carbocycles. The Bertz CT molecular complexity index is 430. The second kappa shape index (κ2) is 4.72. The number of halogens is 8. The van der Waals surface area contributed by atoms with Crippen LogP contribution in [0, 0.1) is 0 Å². The predicted molar refractivity (Wildman–Crippen MR) is 46.2 cm³/mol. The fraction of sp³-hybridized carbons (Fsp3) is 1.00. The minimum atomic E-state index is -7.02. The molecule has 0 rings (SSSR count). The first-order valence-electron chi connectivity index (χ1n) is 4.54. The molecule has 0 saturated heterocycles. The molecule has 0 aliphatic carbocycles. The quantitative estimate of drug-likeness (QED) is 0.603. The summed E-state index contributed by atoms with van der Waals surface area (Å²) < 4.78 is 130. The van der Waals surface area contributed by atoms with Gasteiger partial charge in [-0.05, 0) is 0 Å². The van der Waals surface area contributed by atoms with Crippen molar-refractivity contribution in [3.63, 3.8) is 0 Å². The highest BCUT2D eigenvalue weighted by Gasteiger charge is 2.83. The lowest BCUT2D eigenvalue weighted by atomic mass is 10.0. The van der Waals surface area contributed by atoms with E-state index in [0.29, 0.717) is 0 Å². The average Bonchev–Trinajstić information content (AvgIpc) is 2.14. The summed E-state index contributed by atoms with van der Waals surface area (Å²) >= 11 is 0. The van der Waals surface area contributed by atoms with Crippen LogP contribution in [0.15, 0.2) is 0 Å². The van der Waals surface area contributed by atoms with Gasteiger partial charge in [0, 0.05) is 6.42 Å². The first-order valence-corrected chi connectivity index (χ1v) is 5.98. The lowest BCUT2D eigenvalue weighted by molar-refractivity contribution is -0.349. The summed E-state index contributed by atoms with van der Waals surface area (Å²) in [6.07, 6.45) is -2.63. The molecule has 0 heterocycles. The Kier molecular flexibility index (Phi) is 4.56. The highest BCUT2D eigenvalue weighted by molar-refractivity contribution is 7.87. The van der Waals surface area contributed by atoms with Gasteiger partial charge in [-0.25, -0.2) is 0 Å². The van der Waals surface area contributed by atoms with E-state index in [0.717, 1.165) is 6.92 Å². The number of alkyl halides is 8.